The zero-order valence-electron chi connectivity index (χ0n) is 32.7. The van der Waals surface area contributed by atoms with Crippen molar-refractivity contribution in [3.05, 3.63) is 95.6 Å². The van der Waals surface area contributed by atoms with Crippen LogP contribution in [0.2, 0.25) is 0 Å². The highest BCUT2D eigenvalue weighted by Gasteiger charge is 2.20. The first-order valence-corrected chi connectivity index (χ1v) is 19.7. The van der Waals surface area contributed by atoms with E-state index in [0.29, 0.717) is 11.6 Å². The van der Waals surface area contributed by atoms with E-state index in [1.165, 1.54) is 71.7 Å². The second-order valence-corrected chi connectivity index (χ2v) is 14.7. The third kappa shape index (κ3) is 11.2. The SMILES string of the molecule is C=NN(c1ccccc1)c1nc(-c2ccc(/C=N/CCCCN3CCN(C)CC3)cc2)nc(-c2ccc(/C=N\CCCCN3CCN(C)CC3)cc2)c1C. The molecule has 0 spiro atoms. The predicted octanol–water partition coefficient (Wildman–Crippen LogP) is 6.77. The highest BCUT2D eigenvalue weighted by atomic mass is 15.5. The first kappa shape index (κ1) is 39.1. The first-order chi connectivity index (χ1) is 26.5. The molecule has 0 bridgehead atoms. The summed E-state index contributed by atoms with van der Waals surface area (Å²) in [5.41, 5.74) is 6.75. The quantitative estimate of drug-likeness (QED) is 0.0676. The molecule has 0 unspecified atom stereocenters. The molecule has 2 saturated heterocycles. The van der Waals surface area contributed by atoms with E-state index in [4.69, 9.17) is 20.0 Å². The largest absolute Gasteiger partial charge is 0.304 e. The fraction of sp³-hybridized carbons (Fsp3) is 0.432. The van der Waals surface area contributed by atoms with Crippen molar-refractivity contribution in [2.24, 2.45) is 15.1 Å². The third-order valence-corrected chi connectivity index (χ3v) is 10.5. The van der Waals surface area contributed by atoms with Gasteiger partial charge in [0.25, 0.3) is 0 Å². The fourth-order valence-corrected chi connectivity index (χ4v) is 6.97. The Kier molecular flexibility index (Phi) is 14.6. The summed E-state index contributed by atoms with van der Waals surface area (Å²) in [5.74, 6) is 1.32. The molecule has 2 aliphatic heterocycles. The van der Waals surface area contributed by atoms with Crippen LogP contribution in [0.4, 0.5) is 11.5 Å². The van der Waals surface area contributed by atoms with Crippen LogP contribution in [0, 0.1) is 6.92 Å². The predicted molar refractivity (Wildman–Crippen MR) is 227 cm³/mol. The number of aliphatic imine (C=N–C) groups is 2. The normalized spacial score (nSPS) is 16.4. The Bertz CT molecular complexity index is 1790. The zero-order chi connectivity index (χ0) is 37.5. The number of piperazine rings is 2. The topological polar surface area (TPSA) is 79.1 Å². The molecule has 0 aliphatic carbocycles. The van der Waals surface area contributed by atoms with E-state index in [-0.39, 0.29) is 0 Å². The minimum atomic E-state index is 0.629. The molecule has 3 aromatic carbocycles. The smallest absolute Gasteiger partial charge is 0.162 e. The first-order valence-electron chi connectivity index (χ1n) is 19.7. The van der Waals surface area contributed by atoms with Gasteiger partial charge in [-0.25, -0.2) is 15.0 Å². The van der Waals surface area contributed by atoms with E-state index >= 15 is 0 Å². The Labute approximate surface area is 323 Å². The van der Waals surface area contributed by atoms with Crippen molar-refractivity contribution in [2.45, 2.75) is 32.6 Å². The average molecular weight is 727 g/mol. The Hall–Kier alpha value is -4.61. The molecule has 0 atom stereocenters. The van der Waals surface area contributed by atoms with Crippen LogP contribution >= 0.6 is 0 Å². The lowest BCUT2D eigenvalue weighted by Gasteiger charge is -2.32. The van der Waals surface area contributed by atoms with E-state index in [1.54, 1.807) is 5.01 Å². The van der Waals surface area contributed by atoms with Gasteiger partial charge in [0.15, 0.2) is 11.6 Å². The summed E-state index contributed by atoms with van der Waals surface area (Å²) < 4.78 is 0. The highest BCUT2D eigenvalue weighted by Crippen LogP contribution is 2.34. The molecule has 284 valence electrons. The van der Waals surface area contributed by atoms with Crippen molar-refractivity contribution in [3.8, 4) is 22.6 Å². The maximum atomic E-state index is 5.14. The number of para-hydroxylation sites is 1. The van der Waals surface area contributed by atoms with Crippen LogP contribution in [0.25, 0.3) is 22.6 Å². The number of likely N-dealkylation sites (N-methyl/N-ethyl adjacent to an activating group) is 2. The van der Waals surface area contributed by atoms with Crippen molar-refractivity contribution in [3.63, 3.8) is 0 Å². The Morgan fingerprint density at radius 1 is 0.630 bits per heavy atom. The van der Waals surface area contributed by atoms with Gasteiger partial charge in [-0.3, -0.25) is 9.98 Å². The maximum Gasteiger partial charge on any atom is 0.162 e. The van der Waals surface area contributed by atoms with Gasteiger partial charge in [0.05, 0.1) is 11.4 Å². The fourth-order valence-electron chi connectivity index (χ4n) is 6.97. The Balaban J connectivity index is 1.12. The van der Waals surface area contributed by atoms with E-state index in [2.05, 4.69) is 101 Å². The molecule has 54 heavy (non-hydrogen) atoms. The van der Waals surface area contributed by atoms with Gasteiger partial charge >= 0.3 is 0 Å². The molecule has 1 aromatic heterocycles. The summed E-state index contributed by atoms with van der Waals surface area (Å²) in [6, 6.07) is 26.8. The van der Waals surface area contributed by atoms with Crippen LogP contribution < -0.4 is 5.01 Å². The van der Waals surface area contributed by atoms with Crippen LogP contribution in [0.15, 0.2) is 93.9 Å². The van der Waals surface area contributed by atoms with E-state index < -0.39 is 0 Å². The summed E-state index contributed by atoms with van der Waals surface area (Å²) in [6.07, 6.45) is 8.54. The van der Waals surface area contributed by atoms with Gasteiger partial charge in [-0.2, -0.15) is 5.10 Å². The van der Waals surface area contributed by atoms with E-state index in [0.717, 1.165) is 71.7 Å². The van der Waals surface area contributed by atoms with Crippen LogP contribution in [0.1, 0.15) is 42.4 Å². The van der Waals surface area contributed by atoms with Gasteiger partial charge in [0, 0.05) is 101 Å². The molecule has 10 nitrogen and oxygen atoms in total. The molecule has 3 heterocycles. The molecule has 0 radical (unpaired) electrons. The van der Waals surface area contributed by atoms with Gasteiger partial charge in [-0.1, -0.05) is 66.7 Å². The van der Waals surface area contributed by atoms with Gasteiger partial charge < -0.3 is 19.6 Å². The standard InChI is InChI=1S/C44H58N10/c1-36-42(39-18-14-37(15-19-39)34-46-22-8-10-24-52-30-26-50(3)27-31-52)48-43(49-44(36)54(45-2)41-12-6-5-7-13-41)40-20-16-38(17-21-40)35-47-23-9-11-25-53-32-28-51(4)29-33-53/h5-7,12-21,34-35H,2,8-11,22-33H2,1,3-4H3/b46-34-,47-35+. The molecule has 2 aliphatic rings. The van der Waals surface area contributed by atoms with Crippen molar-refractivity contribution >= 4 is 30.7 Å². The Morgan fingerprint density at radius 2 is 1.13 bits per heavy atom. The summed E-state index contributed by atoms with van der Waals surface area (Å²) in [7, 11) is 4.41. The van der Waals surface area contributed by atoms with Crippen molar-refractivity contribution in [1.29, 1.82) is 0 Å². The summed E-state index contributed by atoms with van der Waals surface area (Å²) in [6.45, 7) is 19.4. The number of aromatic nitrogens is 2. The molecule has 0 amide bonds. The lowest BCUT2D eigenvalue weighted by atomic mass is 10.0. The maximum absolute atomic E-state index is 5.14. The lowest BCUT2D eigenvalue weighted by Crippen LogP contribution is -2.44. The van der Waals surface area contributed by atoms with Crippen LogP contribution in [-0.2, 0) is 0 Å². The van der Waals surface area contributed by atoms with Gasteiger partial charge in [0.2, 0.25) is 0 Å². The second-order valence-electron chi connectivity index (χ2n) is 14.7. The third-order valence-electron chi connectivity index (χ3n) is 10.5. The number of unbranched alkanes of at least 4 members (excludes halogenated alkanes) is 2. The monoisotopic (exact) mass is 726 g/mol. The number of rotatable bonds is 17. The van der Waals surface area contributed by atoms with Crippen molar-refractivity contribution in [1.82, 2.24) is 29.6 Å². The number of nitrogens with zero attached hydrogens (tertiary/aromatic N) is 10. The van der Waals surface area contributed by atoms with Gasteiger partial charge in [0.1, 0.15) is 0 Å². The van der Waals surface area contributed by atoms with E-state index in [9.17, 15) is 0 Å². The number of benzene rings is 3. The van der Waals surface area contributed by atoms with Crippen LogP contribution in [0.3, 0.4) is 0 Å². The second kappa shape index (κ2) is 20.2. The number of hydrazone groups is 1. The molecule has 0 saturated carbocycles. The van der Waals surface area contributed by atoms with Crippen molar-refractivity contribution in [2.75, 3.05) is 97.6 Å². The van der Waals surface area contributed by atoms with Crippen LogP contribution in [-0.4, -0.2) is 141 Å². The average Bonchev–Trinajstić information content (AvgIpc) is 3.21. The molecular formula is C44H58N10. The Morgan fingerprint density at radius 3 is 1.63 bits per heavy atom. The summed E-state index contributed by atoms with van der Waals surface area (Å²) in [4.78, 5) is 29.6. The molecule has 10 heteroatoms. The van der Waals surface area contributed by atoms with Crippen molar-refractivity contribution < 1.29 is 0 Å². The zero-order valence-corrected chi connectivity index (χ0v) is 32.7. The molecular weight excluding hydrogens is 669 g/mol. The molecule has 2 fully saturated rings. The summed E-state index contributed by atoms with van der Waals surface area (Å²) >= 11 is 0. The minimum absolute atomic E-state index is 0.629. The molecule has 0 N–H and O–H groups in total. The van der Waals surface area contributed by atoms with Gasteiger partial charge in [-0.05, 0) is 83.1 Å². The van der Waals surface area contributed by atoms with Gasteiger partial charge in [-0.15, -0.1) is 0 Å². The highest BCUT2D eigenvalue weighted by molar-refractivity contribution is 5.83. The number of hydrogen-bond acceptors (Lipinski definition) is 10. The summed E-state index contributed by atoms with van der Waals surface area (Å²) in [5, 5.41) is 6.20. The minimum Gasteiger partial charge on any atom is -0.304 e. The number of anilines is 2. The van der Waals surface area contributed by atoms with Crippen LogP contribution in [0.5, 0.6) is 0 Å². The lowest BCUT2D eigenvalue weighted by molar-refractivity contribution is 0.152. The molecule has 4 aromatic rings. The number of hydrogen-bond donors (Lipinski definition) is 0. The van der Waals surface area contributed by atoms with E-state index in [1.807, 2.05) is 42.8 Å². The molecule has 6 rings (SSSR count).